The minimum Gasteiger partial charge on any atom is -0.493 e. The standard InChI is InChI=1S/C18H21N3O7S/c1-12-5-6-13(21(23)24)9-15(12)19-18(22)11-20(2)29(25,26)14-7-8-16(27-3)17(10-14)28-4/h5-10H,11H2,1-4H3,(H,19,22). The van der Waals surface area contributed by atoms with Crippen LogP contribution in [0, 0.1) is 17.0 Å². The number of rotatable bonds is 8. The Morgan fingerprint density at radius 1 is 1.14 bits per heavy atom. The summed E-state index contributed by atoms with van der Waals surface area (Å²) in [6, 6.07) is 8.13. The zero-order chi connectivity index (χ0) is 21.8. The Kier molecular flexibility index (Phi) is 6.77. The lowest BCUT2D eigenvalue weighted by Crippen LogP contribution is -2.35. The Morgan fingerprint density at radius 3 is 2.38 bits per heavy atom. The van der Waals surface area contributed by atoms with Crippen molar-refractivity contribution in [3.63, 3.8) is 0 Å². The number of non-ortho nitro benzene ring substituents is 1. The van der Waals surface area contributed by atoms with Gasteiger partial charge in [-0.2, -0.15) is 4.31 Å². The summed E-state index contributed by atoms with van der Waals surface area (Å²) >= 11 is 0. The number of methoxy groups -OCH3 is 2. The van der Waals surface area contributed by atoms with Crippen molar-refractivity contribution in [2.75, 3.05) is 33.1 Å². The van der Waals surface area contributed by atoms with Crippen molar-refractivity contribution in [1.29, 1.82) is 0 Å². The Labute approximate surface area is 168 Å². The Balaban J connectivity index is 2.19. The van der Waals surface area contributed by atoms with Crippen LogP contribution in [0.2, 0.25) is 0 Å². The van der Waals surface area contributed by atoms with Crippen molar-refractivity contribution in [1.82, 2.24) is 4.31 Å². The number of carbonyl (C=O) groups is 1. The van der Waals surface area contributed by atoms with Crippen LogP contribution in [0.15, 0.2) is 41.3 Å². The maximum absolute atomic E-state index is 12.8. The number of nitrogens with one attached hydrogen (secondary N) is 1. The van der Waals surface area contributed by atoms with E-state index in [0.29, 0.717) is 11.3 Å². The number of sulfonamides is 1. The van der Waals surface area contributed by atoms with Crippen molar-refractivity contribution in [3.05, 3.63) is 52.1 Å². The maximum Gasteiger partial charge on any atom is 0.271 e. The predicted molar refractivity (Wildman–Crippen MR) is 106 cm³/mol. The fourth-order valence-electron chi connectivity index (χ4n) is 2.49. The molecular formula is C18H21N3O7S. The number of aryl methyl sites for hydroxylation is 1. The zero-order valence-corrected chi connectivity index (χ0v) is 17.1. The molecule has 0 saturated carbocycles. The number of amides is 1. The Morgan fingerprint density at radius 2 is 1.79 bits per heavy atom. The van der Waals surface area contributed by atoms with Gasteiger partial charge in [0.1, 0.15) is 0 Å². The molecule has 10 nitrogen and oxygen atoms in total. The van der Waals surface area contributed by atoms with Crippen LogP contribution in [0.25, 0.3) is 0 Å². The highest BCUT2D eigenvalue weighted by Crippen LogP contribution is 2.30. The molecule has 1 amide bonds. The van der Waals surface area contributed by atoms with Gasteiger partial charge in [0.05, 0.1) is 36.3 Å². The van der Waals surface area contributed by atoms with Crippen molar-refractivity contribution < 1.29 is 27.6 Å². The normalized spacial score (nSPS) is 11.2. The fourth-order valence-corrected chi connectivity index (χ4v) is 3.64. The SMILES string of the molecule is COc1ccc(S(=O)(=O)N(C)CC(=O)Nc2cc([N+](=O)[O-])ccc2C)cc1OC. The van der Waals surface area contributed by atoms with E-state index in [1.807, 2.05) is 0 Å². The van der Waals surface area contributed by atoms with E-state index in [1.165, 1.54) is 57.7 Å². The lowest BCUT2D eigenvalue weighted by atomic mass is 10.2. The van der Waals surface area contributed by atoms with E-state index in [1.54, 1.807) is 6.92 Å². The summed E-state index contributed by atoms with van der Waals surface area (Å²) in [4.78, 5) is 22.6. The third kappa shape index (κ3) is 5.00. The molecule has 0 fully saturated rings. The average molecular weight is 423 g/mol. The molecule has 2 aromatic rings. The molecule has 2 rings (SSSR count). The first-order chi connectivity index (χ1) is 13.6. The fraction of sp³-hybridized carbons (Fsp3) is 0.278. The Bertz CT molecular complexity index is 1040. The van der Waals surface area contributed by atoms with E-state index in [9.17, 15) is 23.3 Å². The maximum atomic E-state index is 12.8. The van der Waals surface area contributed by atoms with Crippen molar-refractivity contribution >= 4 is 27.3 Å². The lowest BCUT2D eigenvalue weighted by Gasteiger charge is -2.18. The molecule has 0 radical (unpaired) electrons. The first-order valence-corrected chi connectivity index (χ1v) is 9.77. The topological polar surface area (TPSA) is 128 Å². The molecule has 0 saturated heterocycles. The van der Waals surface area contributed by atoms with Gasteiger partial charge < -0.3 is 14.8 Å². The predicted octanol–water partition coefficient (Wildman–Crippen LogP) is 2.18. The number of anilines is 1. The van der Waals surface area contributed by atoms with Crippen LogP contribution in [0.1, 0.15) is 5.56 Å². The third-order valence-corrected chi connectivity index (χ3v) is 5.93. The number of nitrogens with zero attached hydrogens (tertiary/aromatic N) is 2. The van der Waals surface area contributed by atoms with Gasteiger partial charge in [0, 0.05) is 25.2 Å². The molecule has 29 heavy (non-hydrogen) atoms. The molecule has 0 atom stereocenters. The second-order valence-electron chi connectivity index (χ2n) is 6.08. The summed E-state index contributed by atoms with van der Waals surface area (Å²) in [5.74, 6) is -0.0354. The first kappa shape index (κ1) is 22.1. The van der Waals surface area contributed by atoms with E-state index in [4.69, 9.17) is 9.47 Å². The van der Waals surface area contributed by atoms with Crippen LogP contribution in [0.3, 0.4) is 0 Å². The molecule has 0 aliphatic heterocycles. The molecule has 1 N–H and O–H groups in total. The van der Waals surface area contributed by atoms with Gasteiger partial charge >= 0.3 is 0 Å². The molecule has 0 aliphatic rings. The number of benzene rings is 2. The highest BCUT2D eigenvalue weighted by Gasteiger charge is 2.25. The number of hydrogen-bond donors (Lipinski definition) is 1. The molecular weight excluding hydrogens is 402 g/mol. The van der Waals surface area contributed by atoms with E-state index in [0.717, 1.165) is 4.31 Å². The number of carbonyl (C=O) groups excluding carboxylic acids is 1. The molecule has 0 spiro atoms. The summed E-state index contributed by atoms with van der Waals surface area (Å²) in [5, 5.41) is 13.4. The van der Waals surface area contributed by atoms with Gasteiger partial charge in [0.15, 0.2) is 11.5 Å². The lowest BCUT2D eigenvalue weighted by molar-refractivity contribution is -0.384. The minimum atomic E-state index is -3.99. The number of nitro groups is 1. The largest absolute Gasteiger partial charge is 0.493 e. The van der Waals surface area contributed by atoms with Crippen LogP contribution in [0.5, 0.6) is 11.5 Å². The summed E-state index contributed by atoms with van der Waals surface area (Å²) in [6.07, 6.45) is 0. The van der Waals surface area contributed by atoms with Crippen LogP contribution in [-0.4, -0.2) is 51.4 Å². The van der Waals surface area contributed by atoms with E-state index in [-0.39, 0.29) is 22.0 Å². The highest BCUT2D eigenvalue weighted by atomic mass is 32.2. The smallest absolute Gasteiger partial charge is 0.271 e. The average Bonchev–Trinajstić information content (AvgIpc) is 2.68. The molecule has 2 aromatic carbocycles. The van der Waals surface area contributed by atoms with Crippen LogP contribution in [-0.2, 0) is 14.8 Å². The number of likely N-dealkylation sites (N-methyl/N-ethyl adjacent to an activating group) is 1. The second kappa shape index (κ2) is 8.88. The van der Waals surface area contributed by atoms with Crippen molar-refractivity contribution in [3.8, 4) is 11.5 Å². The van der Waals surface area contributed by atoms with E-state index >= 15 is 0 Å². The molecule has 0 unspecified atom stereocenters. The summed E-state index contributed by atoms with van der Waals surface area (Å²) in [7, 11) is 0.0797. The van der Waals surface area contributed by atoms with Gasteiger partial charge in [-0.05, 0) is 24.6 Å². The second-order valence-corrected chi connectivity index (χ2v) is 8.13. The number of hydrogen-bond acceptors (Lipinski definition) is 7. The Hall–Kier alpha value is -3.18. The van der Waals surface area contributed by atoms with E-state index < -0.39 is 27.4 Å². The van der Waals surface area contributed by atoms with Crippen LogP contribution in [0.4, 0.5) is 11.4 Å². The molecule has 11 heteroatoms. The third-order valence-electron chi connectivity index (χ3n) is 4.14. The van der Waals surface area contributed by atoms with Gasteiger partial charge in [0.2, 0.25) is 15.9 Å². The van der Waals surface area contributed by atoms with Crippen LogP contribution >= 0.6 is 0 Å². The molecule has 0 heterocycles. The quantitative estimate of drug-likeness (QED) is 0.509. The zero-order valence-electron chi connectivity index (χ0n) is 16.3. The van der Waals surface area contributed by atoms with Gasteiger partial charge in [0.25, 0.3) is 5.69 Å². The summed E-state index contributed by atoms with van der Waals surface area (Å²) in [5.41, 5.74) is 0.660. The summed E-state index contributed by atoms with van der Waals surface area (Å²) < 4.78 is 36.6. The van der Waals surface area contributed by atoms with Gasteiger partial charge in [-0.1, -0.05) is 6.07 Å². The summed E-state index contributed by atoms with van der Waals surface area (Å²) in [6.45, 7) is 1.18. The molecule has 0 aliphatic carbocycles. The number of ether oxygens (including phenoxy) is 2. The van der Waals surface area contributed by atoms with Crippen LogP contribution < -0.4 is 14.8 Å². The minimum absolute atomic E-state index is 0.0722. The molecule has 0 bridgehead atoms. The first-order valence-electron chi connectivity index (χ1n) is 8.33. The van der Waals surface area contributed by atoms with Gasteiger partial charge in [-0.15, -0.1) is 0 Å². The van der Waals surface area contributed by atoms with Gasteiger partial charge in [-0.3, -0.25) is 14.9 Å². The highest BCUT2D eigenvalue weighted by molar-refractivity contribution is 7.89. The molecule has 156 valence electrons. The van der Waals surface area contributed by atoms with E-state index in [2.05, 4.69) is 5.32 Å². The monoisotopic (exact) mass is 423 g/mol. The van der Waals surface area contributed by atoms with Crippen molar-refractivity contribution in [2.24, 2.45) is 0 Å². The van der Waals surface area contributed by atoms with Crippen molar-refractivity contribution in [2.45, 2.75) is 11.8 Å². The van der Waals surface area contributed by atoms with Gasteiger partial charge in [-0.25, -0.2) is 8.42 Å². The molecule has 0 aromatic heterocycles. The number of nitro benzene ring substituents is 1.